The van der Waals surface area contributed by atoms with Crippen molar-refractivity contribution in [2.45, 2.75) is 6.42 Å². The molecule has 0 aromatic heterocycles. The molecule has 0 aromatic rings. The van der Waals surface area contributed by atoms with Crippen molar-refractivity contribution in [3.8, 4) is 12.3 Å². The van der Waals surface area contributed by atoms with Crippen molar-refractivity contribution >= 4 is 0 Å². The molecule has 1 rings (SSSR count). The van der Waals surface area contributed by atoms with Crippen LogP contribution < -0.4 is 5.43 Å². The van der Waals surface area contributed by atoms with Gasteiger partial charge in [-0.15, -0.1) is 6.42 Å². The fourth-order valence-electron chi connectivity index (χ4n) is 1.19. The second-order valence-corrected chi connectivity index (χ2v) is 2.74. The van der Waals surface area contributed by atoms with Gasteiger partial charge in [-0.25, -0.2) is 4.59 Å². The largest absolute Gasteiger partial charge is 0.238 e. The minimum absolute atomic E-state index is 0.806. The summed E-state index contributed by atoms with van der Waals surface area (Å²) in [5.41, 5.74) is 3.33. The maximum Gasteiger partial charge on any atom is 0.157 e. The minimum Gasteiger partial charge on any atom is -0.238 e. The van der Waals surface area contributed by atoms with Gasteiger partial charge in [0.05, 0.1) is 13.6 Å². The Hall–Kier alpha value is -0.520. The summed E-state index contributed by atoms with van der Waals surface area (Å²) in [6.07, 6.45) is 6.44. The highest BCUT2D eigenvalue weighted by atomic mass is 15.7. The number of nitrogens with one attached hydrogen (secondary N) is 1. The topological polar surface area (TPSA) is 12.0 Å². The molecule has 2 nitrogen and oxygen atoms in total. The van der Waals surface area contributed by atoms with Gasteiger partial charge in [0.1, 0.15) is 0 Å². The molecule has 0 amide bonds. The first-order valence-electron chi connectivity index (χ1n) is 3.30. The van der Waals surface area contributed by atoms with Crippen molar-refractivity contribution < 1.29 is 4.59 Å². The van der Waals surface area contributed by atoms with Crippen LogP contribution in [0.4, 0.5) is 0 Å². The first kappa shape index (κ1) is 6.60. The third-order valence-electron chi connectivity index (χ3n) is 1.76. The fraction of sp³-hybridized carbons (Fsp3) is 0.714. The molecular weight excluding hydrogens is 112 g/mol. The van der Waals surface area contributed by atoms with E-state index in [1.54, 1.807) is 0 Å². The zero-order valence-electron chi connectivity index (χ0n) is 5.85. The SMILES string of the molecule is C#CC[N+]1(C)CCCN1. The number of hydrogen-bond acceptors (Lipinski definition) is 1. The van der Waals surface area contributed by atoms with E-state index in [9.17, 15) is 0 Å². The molecule has 0 saturated carbocycles. The molecule has 1 heterocycles. The normalized spacial score (nSPS) is 34.2. The molecule has 1 N–H and O–H groups in total. The van der Waals surface area contributed by atoms with Gasteiger partial charge in [0, 0.05) is 13.0 Å². The molecule has 9 heavy (non-hydrogen) atoms. The zero-order valence-corrected chi connectivity index (χ0v) is 5.85. The number of hydrogen-bond donors (Lipinski definition) is 1. The summed E-state index contributed by atoms with van der Waals surface area (Å²) < 4.78 is 0.858. The number of quaternary nitrogens is 1. The molecule has 0 radical (unpaired) electrons. The maximum atomic E-state index is 5.19. The van der Waals surface area contributed by atoms with E-state index in [1.807, 2.05) is 0 Å². The van der Waals surface area contributed by atoms with Gasteiger partial charge in [0.15, 0.2) is 6.54 Å². The lowest BCUT2D eigenvalue weighted by atomic mass is 10.4. The van der Waals surface area contributed by atoms with Crippen molar-refractivity contribution in [2.75, 3.05) is 26.7 Å². The minimum atomic E-state index is 0.806. The van der Waals surface area contributed by atoms with E-state index >= 15 is 0 Å². The lowest BCUT2D eigenvalue weighted by Crippen LogP contribution is -2.49. The van der Waals surface area contributed by atoms with Crippen LogP contribution in [0, 0.1) is 12.3 Å². The molecule has 0 aliphatic carbocycles. The third-order valence-corrected chi connectivity index (χ3v) is 1.76. The molecule has 1 unspecified atom stereocenters. The highest BCUT2D eigenvalue weighted by Gasteiger charge is 2.24. The molecule has 0 aromatic carbocycles. The molecule has 50 valence electrons. The smallest absolute Gasteiger partial charge is 0.157 e. The fourth-order valence-corrected chi connectivity index (χ4v) is 1.19. The third kappa shape index (κ3) is 1.44. The Morgan fingerprint density at radius 1 is 1.78 bits per heavy atom. The van der Waals surface area contributed by atoms with Gasteiger partial charge < -0.3 is 0 Å². The lowest BCUT2D eigenvalue weighted by molar-refractivity contribution is -0.932. The Morgan fingerprint density at radius 2 is 2.56 bits per heavy atom. The Bertz CT molecular complexity index is 128. The van der Waals surface area contributed by atoms with Crippen molar-refractivity contribution in [3.05, 3.63) is 0 Å². The molecule has 1 atom stereocenters. The number of nitrogens with zero attached hydrogens (tertiary/aromatic N) is 1. The summed E-state index contributed by atoms with van der Waals surface area (Å²) >= 11 is 0. The summed E-state index contributed by atoms with van der Waals surface area (Å²) in [6, 6.07) is 0. The van der Waals surface area contributed by atoms with Crippen LogP contribution in [0.3, 0.4) is 0 Å². The average Bonchev–Trinajstić information content (AvgIpc) is 2.16. The van der Waals surface area contributed by atoms with Gasteiger partial charge in [-0.2, -0.15) is 5.43 Å². The molecule has 0 bridgehead atoms. The monoisotopic (exact) mass is 125 g/mol. The second kappa shape index (κ2) is 2.38. The van der Waals surface area contributed by atoms with Crippen molar-refractivity contribution in [1.29, 1.82) is 0 Å². The van der Waals surface area contributed by atoms with Crippen LogP contribution in [0.25, 0.3) is 0 Å². The first-order chi connectivity index (χ1) is 4.27. The second-order valence-electron chi connectivity index (χ2n) is 2.74. The molecule has 1 saturated heterocycles. The molecule has 2 heteroatoms. The van der Waals surface area contributed by atoms with E-state index in [4.69, 9.17) is 6.42 Å². The molecule has 0 spiro atoms. The van der Waals surface area contributed by atoms with Crippen LogP contribution in [-0.2, 0) is 0 Å². The molecule has 1 fully saturated rings. The predicted molar refractivity (Wildman–Crippen MR) is 37.4 cm³/mol. The van der Waals surface area contributed by atoms with Crippen LogP contribution in [0.1, 0.15) is 6.42 Å². The Kier molecular flexibility index (Phi) is 1.75. The summed E-state index contributed by atoms with van der Waals surface area (Å²) in [5.74, 6) is 2.66. The van der Waals surface area contributed by atoms with E-state index in [-0.39, 0.29) is 0 Å². The van der Waals surface area contributed by atoms with Gasteiger partial charge in [0.2, 0.25) is 0 Å². The van der Waals surface area contributed by atoms with Gasteiger partial charge in [-0.1, -0.05) is 0 Å². The van der Waals surface area contributed by atoms with E-state index in [2.05, 4.69) is 18.4 Å². The van der Waals surface area contributed by atoms with Crippen molar-refractivity contribution in [2.24, 2.45) is 0 Å². The Balaban J connectivity index is 2.43. The highest BCUT2D eigenvalue weighted by molar-refractivity contribution is 4.83. The van der Waals surface area contributed by atoms with Crippen LogP contribution >= 0.6 is 0 Å². The summed E-state index contributed by atoms with van der Waals surface area (Å²) in [6.45, 7) is 3.09. The van der Waals surface area contributed by atoms with Crippen molar-refractivity contribution in [1.82, 2.24) is 5.43 Å². The van der Waals surface area contributed by atoms with E-state index in [1.165, 1.54) is 13.0 Å². The van der Waals surface area contributed by atoms with Crippen LogP contribution in [0.2, 0.25) is 0 Å². The number of rotatable bonds is 1. The standard InChI is InChI=1S/C7H13N2/c1-3-6-9(2)7-4-5-8-9/h1,8H,4-7H2,2H3/q+1. The van der Waals surface area contributed by atoms with Crippen LogP contribution in [0.5, 0.6) is 0 Å². The van der Waals surface area contributed by atoms with Crippen LogP contribution in [0.15, 0.2) is 0 Å². The number of terminal acetylenes is 1. The lowest BCUT2D eigenvalue weighted by Gasteiger charge is -2.24. The summed E-state index contributed by atoms with van der Waals surface area (Å²) in [7, 11) is 2.13. The predicted octanol–water partition coefficient (Wildman–Crippen LogP) is -0.0255. The van der Waals surface area contributed by atoms with Crippen LogP contribution in [-0.4, -0.2) is 31.3 Å². The molecule has 1 aliphatic heterocycles. The zero-order chi connectivity index (χ0) is 6.74. The van der Waals surface area contributed by atoms with Gasteiger partial charge >= 0.3 is 0 Å². The van der Waals surface area contributed by atoms with Crippen molar-refractivity contribution in [3.63, 3.8) is 0 Å². The maximum absolute atomic E-state index is 5.19. The quantitative estimate of drug-likeness (QED) is 0.383. The average molecular weight is 125 g/mol. The van der Waals surface area contributed by atoms with E-state index < -0.39 is 0 Å². The van der Waals surface area contributed by atoms with E-state index in [0.717, 1.165) is 17.7 Å². The molecule has 1 aliphatic rings. The summed E-state index contributed by atoms with van der Waals surface area (Å²) in [5, 5.41) is 0. The van der Waals surface area contributed by atoms with Gasteiger partial charge in [0.25, 0.3) is 0 Å². The Morgan fingerprint density at radius 3 is 3.00 bits per heavy atom. The first-order valence-corrected chi connectivity index (χ1v) is 3.30. The van der Waals surface area contributed by atoms with E-state index in [0.29, 0.717) is 0 Å². The van der Waals surface area contributed by atoms with Gasteiger partial charge in [-0.05, 0) is 5.92 Å². The Labute approximate surface area is 56.4 Å². The highest BCUT2D eigenvalue weighted by Crippen LogP contribution is 2.04. The molecular formula is C7H13N2+. The van der Waals surface area contributed by atoms with Gasteiger partial charge in [-0.3, -0.25) is 0 Å². The summed E-state index contributed by atoms with van der Waals surface area (Å²) in [4.78, 5) is 0.